The topological polar surface area (TPSA) is 21.7 Å². The van der Waals surface area contributed by atoms with E-state index in [1.54, 1.807) is 0 Å². The lowest BCUT2D eigenvalue weighted by Crippen LogP contribution is -2.48. The summed E-state index contributed by atoms with van der Waals surface area (Å²) in [7, 11) is 2.36. The third-order valence-corrected chi connectivity index (χ3v) is 7.26. The Labute approximate surface area is 165 Å². The summed E-state index contributed by atoms with van der Waals surface area (Å²) in [4.78, 5) is 2.66. The molecule has 0 amide bonds. The lowest BCUT2D eigenvalue weighted by molar-refractivity contribution is -0.234. The molecule has 1 heterocycles. The average Bonchev–Trinajstić information content (AvgIpc) is 2.70. The summed E-state index contributed by atoms with van der Waals surface area (Å²) in [6.45, 7) is 4.07. The summed E-state index contributed by atoms with van der Waals surface area (Å²) in [5, 5.41) is 0. The molecule has 2 aliphatic carbocycles. The smallest absolute Gasteiger partial charge is 0.162 e. The molecule has 0 saturated heterocycles. The number of nitrogens with zero attached hydrogens (tertiary/aromatic N) is 1. The zero-order chi connectivity index (χ0) is 18.7. The standard InChI is InChI=1S/C24H37NO2/c1-3-26-23-17-20-11-7-8-12-22(20)24(27-23)15-13-21(14-16-24)25(2)18-19-9-5-4-6-10-19/h7-8,11-12,19,21,23H,3-6,9-10,13-18H2,1-2H3. The highest BCUT2D eigenvalue weighted by Crippen LogP contribution is 2.47. The fourth-order valence-electron chi connectivity index (χ4n) is 5.78. The summed E-state index contributed by atoms with van der Waals surface area (Å²) in [5.74, 6) is 0.925. The third kappa shape index (κ3) is 4.26. The lowest BCUT2D eigenvalue weighted by atomic mass is 9.74. The molecule has 1 unspecified atom stereocenters. The van der Waals surface area contributed by atoms with Gasteiger partial charge in [-0.25, -0.2) is 0 Å². The monoisotopic (exact) mass is 371 g/mol. The molecular formula is C24H37NO2. The molecule has 4 rings (SSSR count). The summed E-state index contributed by atoms with van der Waals surface area (Å²) >= 11 is 0. The summed E-state index contributed by atoms with van der Waals surface area (Å²) in [5.41, 5.74) is 2.72. The van der Waals surface area contributed by atoms with Gasteiger partial charge in [-0.3, -0.25) is 0 Å². The van der Waals surface area contributed by atoms with Gasteiger partial charge in [-0.05, 0) is 69.5 Å². The molecule has 0 radical (unpaired) electrons. The molecule has 3 nitrogen and oxygen atoms in total. The Kier molecular flexibility index (Phi) is 6.21. The Bertz CT molecular complexity index is 602. The van der Waals surface area contributed by atoms with Gasteiger partial charge in [0.05, 0.1) is 5.60 Å². The van der Waals surface area contributed by atoms with Crippen LogP contribution in [0.5, 0.6) is 0 Å². The van der Waals surface area contributed by atoms with Crippen molar-refractivity contribution in [1.82, 2.24) is 4.90 Å². The number of hydrogen-bond acceptors (Lipinski definition) is 3. The van der Waals surface area contributed by atoms with Gasteiger partial charge in [0.25, 0.3) is 0 Å². The van der Waals surface area contributed by atoms with Crippen molar-refractivity contribution in [2.75, 3.05) is 20.2 Å². The van der Waals surface area contributed by atoms with Crippen LogP contribution >= 0.6 is 0 Å². The van der Waals surface area contributed by atoms with Crippen LogP contribution in [-0.2, 0) is 21.5 Å². The van der Waals surface area contributed by atoms with Gasteiger partial charge < -0.3 is 14.4 Å². The molecule has 150 valence electrons. The van der Waals surface area contributed by atoms with Gasteiger partial charge >= 0.3 is 0 Å². The number of benzene rings is 1. The maximum Gasteiger partial charge on any atom is 0.162 e. The summed E-state index contributed by atoms with van der Waals surface area (Å²) in [6, 6.07) is 9.61. The van der Waals surface area contributed by atoms with Crippen molar-refractivity contribution in [2.24, 2.45) is 5.92 Å². The first-order valence-electron chi connectivity index (χ1n) is 11.3. The number of rotatable bonds is 5. The third-order valence-electron chi connectivity index (χ3n) is 7.26. The van der Waals surface area contributed by atoms with Gasteiger partial charge in [0.15, 0.2) is 6.29 Å². The first-order chi connectivity index (χ1) is 13.2. The van der Waals surface area contributed by atoms with E-state index >= 15 is 0 Å². The molecule has 0 aromatic heterocycles. The highest BCUT2D eigenvalue weighted by molar-refractivity contribution is 5.35. The molecule has 1 atom stereocenters. The van der Waals surface area contributed by atoms with Crippen LogP contribution in [0.1, 0.15) is 75.8 Å². The van der Waals surface area contributed by atoms with Crippen molar-refractivity contribution in [3.63, 3.8) is 0 Å². The molecule has 0 N–H and O–H groups in total. The predicted octanol–water partition coefficient (Wildman–Crippen LogP) is 5.27. The van der Waals surface area contributed by atoms with E-state index in [1.165, 1.54) is 62.6 Å². The van der Waals surface area contributed by atoms with Crippen LogP contribution < -0.4 is 0 Å². The van der Waals surface area contributed by atoms with E-state index in [2.05, 4.69) is 43.1 Å². The van der Waals surface area contributed by atoms with Crippen LogP contribution in [0.3, 0.4) is 0 Å². The van der Waals surface area contributed by atoms with Crippen molar-refractivity contribution in [3.05, 3.63) is 35.4 Å². The van der Waals surface area contributed by atoms with E-state index in [4.69, 9.17) is 9.47 Å². The van der Waals surface area contributed by atoms with E-state index in [-0.39, 0.29) is 11.9 Å². The molecule has 1 aliphatic heterocycles. The first kappa shape index (κ1) is 19.4. The molecule has 3 heteroatoms. The Hall–Kier alpha value is -0.900. The molecule has 2 saturated carbocycles. The van der Waals surface area contributed by atoms with Crippen molar-refractivity contribution < 1.29 is 9.47 Å². The second-order valence-corrected chi connectivity index (χ2v) is 9.03. The quantitative estimate of drug-likeness (QED) is 0.703. The van der Waals surface area contributed by atoms with E-state index < -0.39 is 0 Å². The van der Waals surface area contributed by atoms with Crippen LogP contribution in [0.4, 0.5) is 0 Å². The van der Waals surface area contributed by atoms with Gasteiger partial charge in [-0.15, -0.1) is 0 Å². The van der Waals surface area contributed by atoms with E-state index in [1.807, 2.05) is 0 Å². The van der Waals surface area contributed by atoms with Crippen LogP contribution in [0.15, 0.2) is 24.3 Å². The fraction of sp³-hybridized carbons (Fsp3) is 0.750. The van der Waals surface area contributed by atoms with Gasteiger partial charge in [-0.2, -0.15) is 0 Å². The highest BCUT2D eigenvalue weighted by atomic mass is 16.7. The van der Waals surface area contributed by atoms with Crippen LogP contribution in [-0.4, -0.2) is 37.4 Å². The predicted molar refractivity (Wildman–Crippen MR) is 110 cm³/mol. The normalized spacial score (nSPS) is 32.0. The van der Waals surface area contributed by atoms with Gasteiger partial charge in [0.1, 0.15) is 0 Å². The van der Waals surface area contributed by atoms with Crippen molar-refractivity contribution in [1.29, 1.82) is 0 Å². The van der Waals surface area contributed by atoms with Gasteiger partial charge in [0, 0.05) is 25.6 Å². The largest absolute Gasteiger partial charge is 0.353 e. The van der Waals surface area contributed by atoms with Crippen LogP contribution in [0, 0.1) is 5.92 Å². The van der Waals surface area contributed by atoms with E-state index in [0.717, 1.165) is 31.8 Å². The summed E-state index contributed by atoms with van der Waals surface area (Å²) < 4.78 is 12.5. The Balaban J connectivity index is 1.42. The molecule has 0 bridgehead atoms. The average molecular weight is 372 g/mol. The van der Waals surface area contributed by atoms with E-state index in [9.17, 15) is 0 Å². The zero-order valence-electron chi connectivity index (χ0n) is 17.3. The van der Waals surface area contributed by atoms with Gasteiger partial charge in [-0.1, -0.05) is 43.5 Å². The van der Waals surface area contributed by atoms with E-state index in [0.29, 0.717) is 6.04 Å². The Morgan fingerprint density at radius 3 is 2.56 bits per heavy atom. The molecule has 2 fully saturated rings. The minimum absolute atomic E-state index is 0.0820. The molecule has 27 heavy (non-hydrogen) atoms. The van der Waals surface area contributed by atoms with Crippen molar-refractivity contribution in [2.45, 2.75) is 89.1 Å². The lowest BCUT2D eigenvalue weighted by Gasteiger charge is -2.48. The highest BCUT2D eigenvalue weighted by Gasteiger charge is 2.44. The Morgan fingerprint density at radius 1 is 1.07 bits per heavy atom. The number of fused-ring (bicyclic) bond motifs is 2. The molecule has 1 spiro atoms. The second-order valence-electron chi connectivity index (χ2n) is 9.03. The zero-order valence-corrected chi connectivity index (χ0v) is 17.3. The van der Waals surface area contributed by atoms with Crippen molar-refractivity contribution in [3.8, 4) is 0 Å². The van der Waals surface area contributed by atoms with Crippen molar-refractivity contribution >= 4 is 0 Å². The number of hydrogen-bond donors (Lipinski definition) is 0. The maximum atomic E-state index is 6.62. The molecule has 1 aromatic rings. The Morgan fingerprint density at radius 2 is 1.81 bits per heavy atom. The minimum Gasteiger partial charge on any atom is -0.353 e. The first-order valence-corrected chi connectivity index (χ1v) is 11.3. The SMILES string of the molecule is CCOC1Cc2ccccc2C2(CCC(N(C)CC3CCCCC3)CC2)O1. The van der Waals surface area contributed by atoms with Crippen LogP contribution in [0.2, 0.25) is 0 Å². The van der Waals surface area contributed by atoms with Crippen LogP contribution in [0.25, 0.3) is 0 Å². The minimum atomic E-state index is -0.128. The molecular weight excluding hydrogens is 334 g/mol. The molecule has 3 aliphatic rings. The maximum absolute atomic E-state index is 6.62. The fourth-order valence-corrected chi connectivity index (χ4v) is 5.78. The molecule has 1 aromatic carbocycles. The van der Waals surface area contributed by atoms with Gasteiger partial charge in [0.2, 0.25) is 0 Å². The second kappa shape index (κ2) is 8.63. The summed E-state index contributed by atoms with van der Waals surface area (Å²) in [6.07, 6.45) is 12.7. The number of ether oxygens (including phenoxy) is 2.